The summed E-state index contributed by atoms with van der Waals surface area (Å²) in [5.74, 6) is -0.978. The van der Waals surface area contributed by atoms with Gasteiger partial charge in [0, 0.05) is 30.8 Å². The molecule has 1 saturated heterocycles. The average molecular weight is 388 g/mol. The Morgan fingerprint density at radius 3 is 2.67 bits per heavy atom. The van der Waals surface area contributed by atoms with E-state index in [0.29, 0.717) is 0 Å². The highest BCUT2D eigenvalue weighted by molar-refractivity contribution is 6.34. The number of rotatable bonds is 4. The number of nitrogens with zero attached hydrogens (tertiary/aromatic N) is 2. The van der Waals surface area contributed by atoms with Crippen LogP contribution in [0.1, 0.15) is 17.5 Å². The number of non-ortho nitro benzene ring substituents is 1. The molecule has 1 unspecified atom stereocenters. The zero-order valence-electron chi connectivity index (χ0n) is 14.9. The van der Waals surface area contributed by atoms with E-state index in [1.807, 2.05) is 32.0 Å². The first-order valence-electron chi connectivity index (χ1n) is 8.38. The van der Waals surface area contributed by atoms with Crippen LogP contribution in [-0.2, 0) is 9.59 Å². The zero-order valence-corrected chi connectivity index (χ0v) is 15.6. The van der Waals surface area contributed by atoms with Crippen molar-refractivity contribution in [3.63, 3.8) is 0 Å². The van der Waals surface area contributed by atoms with E-state index in [-0.39, 0.29) is 41.2 Å². The van der Waals surface area contributed by atoms with Crippen LogP contribution in [0.4, 0.5) is 17.1 Å². The molecular formula is C19H18ClN3O4. The van der Waals surface area contributed by atoms with E-state index in [4.69, 9.17) is 11.6 Å². The number of halogens is 1. The molecule has 7 nitrogen and oxygen atoms in total. The van der Waals surface area contributed by atoms with Crippen LogP contribution < -0.4 is 10.2 Å². The maximum absolute atomic E-state index is 12.6. The van der Waals surface area contributed by atoms with Gasteiger partial charge >= 0.3 is 0 Å². The highest BCUT2D eigenvalue weighted by atomic mass is 35.5. The number of aryl methyl sites for hydroxylation is 2. The number of hydrogen-bond acceptors (Lipinski definition) is 4. The maximum atomic E-state index is 12.6. The topological polar surface area (TPSA) is 92.6 Å². The Kier molecular flexibility index (Phi) is 5.14. The first-order valence-corrected chi connectivity index (χ1v) is 8.76. The lowest BCUT2D eigenvalue weighted by molar-refractivity contribution is -0.384. The van der Waals surface area contributed by atoms with Gasteiger partial charge in [-0.25, -0.2) is 0 Å². The van der Waals surface area contributed by atoms with Crippen LogP contribution in [0.3, 0.4) is 0 Å². The van der Waals surface area contributed by atoms with Crippen LogP contribution in [0.15, 0.2) is 36.4 Å². The Labute approximate surface area is 161 Å². The number of carbonyl (C=O) groups is 2. The lowest BCUT2D eigenvalue weighted by Gasteiger charge is -2.19. The van der Waals surface area contributed by atoms with Gasteiger partial charge in [0.15, 0.2) is 0 Å². The smallest absolute Gasteiger partial charge is 0.271 e. The standard InChI is InChI=1S/C19H18ClN3O4/c1-11-3-4-12(2)17(7-11)22-10-13(8-18(22)24)19(25)21-16-6-5-14(23(26)27)9-15(16)20/h3-7,9,13H,8,10H2,1-2H3,(H,21,25). The van der Waals surface area contributed by atoms with Gasteiger partial charge in [0.25, 0.3) is 5.69 Å². The summed E-state index contributed by atoms with van der Waals surface area (Å²) in [7, 11) is 0. The van der Waals surface area contributed by atoms with Gasteiger partial charge in [-0.3, -0.25) is 19.7 Å². The van der Waals surface area contributed by atoms with E-state index in [2.05, 4.69) is 5.32 Å². The molecule has 27 heavy (non-hydrogen) atoms. The van der Waals surface area contributed by atoms with Gasteiger partial charge in [0.2, 0.25) is 11.8 Å². The van der Waals surface area contributed by atoms with Crippen LogP contribution in [0.2, 0.25) is 5.02 Å². The van der Waals surface area contributed by atoms with Crippen molar-refractivity contribution in [2.75, 3.05) is 16.8 Å². The van der Waals surface area contributed by atoms with Gasteiger partial charge in [0.05, 0.1) is 21.6 Å². The second-order valence-corrected chi connectivity index (χ2v) is 7.01. The number of anilines is 2. The van der Waals surface area contributed by atoms with E-state index in [0.717, 1.165) is 16.8 Å². The summed E-state index contributed by atoms with van der Waals surface area (Å²) < 4.78 is 0. The molecule has 140 valence electrons. The Morgan fingerprint density at radius 1 is 1.26 bits per heavy atom. The molecule has 0 saturated carbocycles. The Bertz CT molecular complexity index is 945. The third-order valence-electron chi connectivity index (χ3n) is 4.57. The van der Waals surface area contributed by atoms with E-state index in [1.54, 1.807) is 4.90 Å². The van der Waals surface area contributed by atoms with Gasteiger partial charge in [-0.2, -0.15) is 0 Å². The van der Waals surface area contributed by atoms with Crippen molar-refractivity contribution in [1.82, 2.24) is 0 Å². The molecule has 0 spiro atoms. The second-order valence-electron chi connectivity index (χ2n) is 6.61. The molecule has 0 aliphatic carbocycles. The number of nitro benzene ring substituents is 1. The van der Waals surface area contributed by atoms with Gasteiger partial charge in [-0.15, -0.1) is 0 Å². The fraction of sp³-hybridized carbons (Fsp3) is 0.263. The summed E-state index contributed by atoms with van der Waals surface area (Å²) in [6, 6.07) is 9.68. The molecule has 1 aliphatic heterocycles. The minimum absolute atomic E-state index is 0.0771. The summed E-state index contributed by atoms with van der Waals surface area (Å²) in [6.07, 6.45) is 0.101. The number of hydrogen-bond donors (Lipinski definition) is 1. The number of carbonyl (C=O) groups excluding carboxylic acids is 2. The average Bonchev–Trinajstić information content (AvgIpc) is 3.00. The largest absolute Gasteiger partial charge is 0.324 e. The van der Waals surface area contributed by atoms with Gasteiger partial charge in [-0.05, 0) is 37.1 Å². The van der Waals surface area contributed by atoms with Crippen molar-refractivity contribution in [2.24, 2.45) is 5.92 Å². The third kappa shape index (κ3) is 3.93. The van der Waals surface area contributed by atoms with Gasteiger partial charge < -0.3 is 10.2 Å². The zero-order chi connectivity index (χ0) is 19.7. The van der Waals surface area contributed by atoms with E-state index < -0.39 is 10.8 Å². The summed E-state index contributed by atoms with van der Waals surface area (Å²) in [5.41, 5.74) is 2.94. The summed E-state index contributed by atoms with van der Waals surface area (Å²) in [6.45, 7) is 4.15. The molecular weight excluding hydrogens is 370 g/mol. The molecule has 2 amide bonds. The summed E-state index contributed by atoms with van der Waals surface area (Å²) >= 11 is 6.02. The van der Waals surface area contributed by atoms with Gasteiger partial charge in [0.1, 0.15) is 0 Å². The lowest BCUT2D eigenvalue weighted by Crippen LogP contribution is -2.28. The molecule has 0 aromatic heterocycles. The number of nitrogens with one attached hydrogen (secondary N) is 1. The van der Waals surface area contributed by atoms with E-state index >= 15 is 0 Å². The van der Waals surface area contributed by atoms with Crippen LogP contribution in [0.25, 0.3) is 0 Å². The van der Waals surface area contributed by atoms with E-state index in [1.165, 1.54) is 18.2 Å². The highest BCUT2D eigenvalue weighted by Gasteiger charge is 2.36. The normalized spacial score (nSPS) is 16.5. The molecule has 1 aliphatic rings. The van der Waals surface area contributed by atoms with Crippen molar-refractivity contribution in [3.8, 4) is 0 Å². The van der Waals surface area contributed by atoms with Crippen molar-refractivity contribution in [1.29, 1.82) is 0 Å². The number of nitro groups is 1. The molecule has 3 rings (SSSR count). The molecule has 8 heteroatoms. The first-order chi connectivity index (χ1) is 12.8. The second kappa shape index (κ2) is 7.36. The number of amides is 2. The van der Waals surface area contributed by atoms with Gasteiger partial charge in [-0.1, -0.05) is 23.7 Å². The molecule has 1 atom stereocenters. The maximum Gasteiger partial charge on any atom is 0.271 e. The highest BCUT2D eigenvalue weighted by Crippen LogP contribution is 2.31. The van der Waals surface area contributed by atoms with Crippen LogP contribution >= 0.6 is 11.6 Å². The third-order valence-corrected chi connectivity index (χ3v) is 4.89. The van der Waals surface area contributed by atoms with Crippen LogP contribution in [-0.4, -0.2) is 23.3 Å². The lowest BCUT2D eigenvalue weighted by atomic mass is 10.1. The first kappa shape index (κ1) is 18.8. The summed E-state index contributed by atoms with van der Waals surface area (Å²) in [4.78, 5) is 36.9. The minimum Gasteiger partial charge on any atom is -0.324 e. The molecule has 1 N–H and O–H groups in total. The Balaban J connectivity index is 1.74. The fourth-order valence-corrected chi connectivity index (χ4v) is 3.30. The number of benzene rings is 2. The molecule has 1 fully saturated rings. The van der Waals surface area contributed by atoms with Crippen LogP contribution in [0, 0.1) is 29.9 Å². The molecule has 1 heterocycles. The van der Waals surface area contributed by atoms with Crippen molar-refractivity contribution >= 4 is 40.5 Å². The Morgan fingerprint density at radius 2 is 2.00 bits per heavy atom. The fourth-order valence-electron chi connectivity index (χ4n) is 3.08. The quantitative estimate of drug-likeness (QED) is 0.636. The monoisotopic (exact) mass is 387 g/mol. The predicted molar refractivity (Wildman–Crippen MR) is 103 cm³/mol. The summed E-state index contributed by atoms with van der Waals surface area (Å²) in [5, 5.41) is 13.5. The van der Waals surface area contributed by atoms with Crippen molar-refractivity contribution in [2.45, 2.75) is 20.3 Å². The van der Waals surface area contributed by atoms with E-state index in [9.17, 15) is 19.7 Å². The molecule has 2 aromatic carbocycles. The SMILES string of the molecule is Cc1ccc(C)c(N2CC(C(=O)Nc3ccc([N+](=O)[O-])cc3Cl)CC2=O)c1. The van der Waals surface area contributed by atoms with Crippen molar-refractivity contribution in [3.05, 3.63) is 62.7 Å². The molecule has 0 radical (unpaired) electrons. The van der Waals surface area contributed by atoms with Crippen molar-refractivity contribution < 1.29 is 14.5 Å². The minimum atomic E-state index is -0.560. The molecule has 0 bridgehead atoms. The molecule has 2 aromatic rings. The predicted octanol–water partition coefficient (Wildman–Crippen LogP) is 3.86. The van der Waals surface area contributed by atoms with Crippen LogP contribution in [0.5, 0.6) is 0 Å². The Hall–Kier alpha value is -2.93.